The minimum Gasteiger partial charge on any atom is -0.493 e. The molecule has 258 valence electrons. The van der Waals surface area contributed by atoms with Gasteiger partial charge in [0.2, 0.25) is 0 Å². The predicted molar refractivity (Wildman–Crippen MR) is 178 cm³/mol. The zero-order chi connectivity index (χ0) is 34.5. The average molecular weight is 681 g/mol. The van der Waals surface area contributed by atoms with Crippen molar-refractivity contribution >= 4 is 28.3 Å². The van der Waals surface area contributed by atoms with Gasteiger partial charge in [0, 0.05) is 80.2 Å². The first kappa shape index (κ1) is 33.8. The molecule has 1 fully saturated rings. The molecular weight excluding hydrogens is 644 g/mol. The van der Waals surface area contributed by atoms with E-state index in [0.29, 0.717) is 34.8 Å². The largest absolute Gasteiger partial charge is 0.493 e. The Hall–Kier alpha value is -5.08. The summed E-state index contributed by atoms with van der Waals surface area (Å²) in [5.74, 6) is 0.585. The number of hydrogen-bond acceptors (Lipinski definition) is 8. The Bertz CT molecular complexity index is 1830. The highest BCUT2D eigenvalue weighted by Crippen LogP contribution is 2.38. The number of amides is 2. The highest BCUT2D eigenvalue weighted by atomic mass is 19.4. The van der Waals surface area contributed by atoms with Crippen LogP contribution < -0.4 is 24.4 Å². The van der Waals surface area contributed by atoms with Crippen molar-refractivity contribution in [1.82, 2.24) is 19.7 Å². The lowest BCUT2D eigenvalue weighted by Crippen LogP contribution is -2.44. The molecule has 2 aliphatic rings. The highest BCUT2D eigenvalue weighted by Gasteiger charge is 2.31. The molecule has 0 unspecified atom stereocenters. The zero-order valence-corrected chi connectivity index (χ0v) is 27.0. The predicted octanol–water partition coefficient (Wildman–Crippen LogP) is 6.99. The van der Waals surface area contributed by atoms with E-state index in [1.165, 1.54) is 46.5 Å². The summed E-state index contributed by atoms with van der Waals surface area (Å²) in [5, 5.41) is 3.19. The van der Waals surface area contributed by atoms with Crippen molar-refractivity contribution in [3.63, 3.8) is 0 Å². The molecule has 2 amide bonds. The Kier molecular flexibility index (Phi) is 10.1. The van der Waals surface area contributed by atoms with Crippen molar-refractivity contribution in [3.05, 3.63) is 90.6 Å². The molecule has 0 aliphatic carbocycles. The number of urea groups is 1. The van der Waals surface area contributed by atoms with Crippen molar-refractivity contribution < 1.29 is 36.6 Å². The molecule has 0 radical (unpaired) electrons. The number of hydrogen-bond donors (Lipinski definition) is 1. The van der Waals surface area contributed by atoms with Crippen LogP contribution in [0.15, 0.2) is 79.3 Å². The number of nitrogens with zero attached hydrogens (tertiary/aromatic N) is 5. The number of halogens is 4. The van der Waals surface area contributed by atoms with Gasteiger partial charge in [0.15, 0.2) is 23.1 Å². The average Bonchev–Trinajstić information content (AvgIpc) is 3.59. The number of likely N-dealkylation sites (N-methyl/N-ethyl adjacent to an activating group) is 1. The van der Waals surface area contributed by atoms with Crippen LogP contribution in [0.1, 0.15) is 12.0 Å². The number of alkyl halides is 3. The van der Waals surface area contributed by atoms with E-state index >= 15 is 4.39 Å². The first-order chi connectivity index (χ1) is 23.6. The number of anilines is 2. The van der Waals surface area contributed by atoms with Gasteiger partial charge in [-0.05, 0) is 55.9 Å². The molecule has 1 saturated heterocycles. The minimum atomic E-state index is -4.49. The third kappa shape index (κ3) is 8.15. The molecule has 3 heterocycles. The van der Waals surface area contributed by atoms with E-state index in [1.807, 2.05) is 0 Å². The van der Waals surface area contributed by atoms with E-state index < -0.39 is 23.6 Å². The molecule has 0 atom stereocenters. The summed E-state index contributed by atoms with van der Waals surface area (Å²) in [6, 6.07) is 13.3. The summed E-state index contributed by atoms with van der Waals surface area (Å²) >= 11 is 0. The summed E-state index contributed by atoms with van der Waals surface area (Å²) in [5.41, 5.74) is 0.223. The second-order valence-corrected chi connectivity index (χ2v) is 11.8. The molecule has 3 aromatic carbocycles. The molecule has 0 bridgehead atoms. The number of benzene rings is 3. The number of aromatic nitrogens is 1. The van der Waals surface area contributed by atoms with E-state index in [2.05, 4.69) is 27.1 Å². The molecule has 0 spiro atoms. The molecule has 14 heteroatoms. The minimum absolute atomic E-state index is 0.0290. The second-order valence-electron chi connectivity index (χ2n) is 11.8. The summed E-state index contributed by atoms with van der Waals surface area (Å²) in [6.07, 6.45) is 0.851. The maximum absolute atomic E-state index is 15.2. The van der Waals surface area contributed by atoms with Gasteiger partial charge < -0.3 is 34.2 Å². The van der Waals surface area contributed by atoms with Crippen molar-refractivity contribution in [2.45, 2.75) is 12.6 Å². The van der Waals surface area contributed by atoms with Gasteiger partial charge in [0.1, 0.15) is 12.4 Å². The third-order valence-corrected chi connectivity index (χ3v) is 8.36. The van der Waals surface area contributed by atoms with Gasteiger partial charge in [0.05, 0.1) is 24.8 Å². The van der Waals surface area contributed by atoms with Gasteiger partial charge in [-0.1, -0.05) is 6.07 Å². The highest BCUT2D eigenvalue weighted by molar-refractivity contribution is 5.91. The Morgan fingerprint density at radius 1 is 0.939 bits per heavy atom. The Morgan fingerprint density at radius 2 is 1.76 bits per heavy atom. The maximum atomic E-state index is 15.2. The lowest BCUT2D eigenvalue weighted by Gasteiger charge is -2.32. The summed E-state index contributed by atoms with van der Waals surface area (Å²) in [7, 11) is 3.68. The lowest BCUT2D eigenvalue weighted by atomic mass is 10.1. The van der Waals surface area contributed by atoms with Crippen LogP contribution in [0, 0.1) is 5.82 Å². The summed E-state index contributed by atoms with van der Waals surface area (Å²) in [4.78, 5) is 24.8. The number of nitrogens with one attached hydrogen (secondary N) is 1. The molecule has 49 heavy (non-hydrogen) atoms. The van der Waals surface area contributed by atoms with Gasteiger partial charge in [-0.15, -0.1) is 0 Å². The number of piperazine rings is 1. The first-order valence-electron chi connectivity index (χ1n) is 15.7. The van der Waals surface area contributed by atoms with E-state index in [-0.39, 0.29) is 23.8 Å². The maximum Gasteiger partial charge on any atom is 0.416 e. The molecule has 1 N–H and O–H groups in total. The van der Waals surface area contributed by atoms with Crippen LogP contribution in [0.25, 0.3) is 10.9 Å². The number of fused-ring (bicyclic) bond motifs is 1. The molecule has 4 aromatic rings. The topological polar surface area (TPSA) is 82.6 Å². The third-order valence-electron chi connectivity index (χ3n) is 8.36. The van der Waals surface area contributed by atoms with Crippen molar-refractivity contribution in [3.8, 4) is 23.0 Å². The van der Waals surface area contributed by atoms with Crippen LogP contribution in [0.2, 0.25) is 0 Å². The van der Waals surface area contributed by atoms with Crippen molar-refractivity contribution in [1.29, 1.82) is 0 Å². The molecule has 10 nitrogen and oxygen atoms in total. The van der Waals surface area contributed by atoms with Crippen LogP contribution in [-0.2, 0) is 6.18 Å². The molecule has 1 aromatic heterocycles. The van der Waals surface area contributed by atoms with Crippen molar-refractivity contribution in [2.75, 3.05) is 70.4 Å². The quantitative estimate of drug-likeness (QED) is 0.142. The van der Waals surface area contributed by atoms with Crippen LogP contribution in [0.5, 0.6) is 23.0 Å². The van der Waals surface area contributed by atoms with E-state index in [4.69, 9.17) is 14.2 Å². The van der Waals surface area contributed by atoms with E-state index in [9.17, 15) is 18.0 Å². The Morgan fingerprint density at radius 3 is 2.51 bits per heavy atom. The van der Waals surface area contributed by atoms with Crippen molar-refractivity contribution in [2.24, 2.45) is 0 Å². The Balaban J connectivity index is 1.07. The van der Waals surface area contributed by atoms with Gasteiger partial charge in [0.25, 0.3) is 0 Å². The molecule has 2 aliphatic heterocycles. The number of methoxy groups -OCH3 is 1. The SMILES string of the molecule is COc1cc2c(Oc3ccc(NC(=O)N4C=CN(c5cccc(C(F)(F)F)c5)C4)cc3F)ccnc2cc1OCCCN1CCN(C)CC1. The van der Waals surface area contributed by atoms with E-state index in [0.717, 1.165) is 57.3 Å². The smallest absolute Gasteiger partial charge is 0.416 e. The van der Waals surface area contributed by atoms with Crippen LogP contribution in [-0.4, -0.2) is 85.9 Å². The van der Waals surface area contributed by atoms with Gasteiger partial charge in [-0.2, -0.15) is 13.2 Å². The fourth-order valence-corrected chi connectivity index (χ4v) is 5.59. The fourth-order valence-electron chi connectivity index (χ4n) is 5.59. The van der Waals surface area contributed by atoms with E-state index in [1.54, 1.807) is 31.5 Å². The first-order valence-corrected chi connectivity index (χ1v) is 15.7. The number of pyridine rings is 1. The number of rotatable bonds is 10. The number of carbonyl (C=O) groups excluding carboxylic acids is 1. The summed E-state index contributed by atoms with van der Waals surface area (Å²) < 4.78 is 72.3. The summed E-state index contributed by atoms with van der Waals surface area (Å²) in [6.45, 7) is 5.65. The zero-order valence-electron chi connectivity index (χ0n) is 27.0. The monoisotopic (exact) mass is 680 g/mol. The lowest BCUT2D eigenvalue weighted by molar-refractivity contribution is -0.137. The standard InChI is InChI=1S/C35H36F4N6O4/c1-42-12-14-43(15-13-42)11-4-18-48-33-22-29-27(21-32(33)47-2)30(9-10-40-29)49-31-8-7-25(20-28(31)36)41-34(46)45-17-16-44(23-45)26-6-3-5-24(19-26)35(37,38)39/h3,5-10,16-17,19-22H,4,11-15,18,23H2,1-2H3,(H,41,46). The van der Waals surface area contributed by atoms with Gasteiger partial charge in [-0.25, -0.2) is 9.18 Å². The molecule has 0 saturated carbocycles. The molecular formula is C35H36F4N6O4. The van der Waals surface area contributed by atoms with Crippen LogP contribution >= 0.6 is 0 Å². The number of ether oxygens (including phenoxy) is 3. The van der Waals surface area contributed by atoms with Gasteiger partial charge in [-0.3, -0.25) is 9.88 Å². The van der Waals surface area contributed by atoms with Crippen LogP contribution in [0.3, 0.4) is 0 Å². The fraction of sp³-hybridized carbons (Fsp3) is 0.314. The second kappa shape index (κ2) is 14.6. The Labute approximate surface area is 281 Å². The molecule has 6 rings (SSSR count). The number of carbonyl (C=O) groups is 1. The normalized spacial score (nSPS) is 15.6. The van der Waals surface area contributed by atoms with Gasteiger partial charge >= 0.3 is 12.2 Å². The van der Waals surface area contributed by atoms with Crippen LogP contribution in [0.4, 0.5) is 33.7 Å².